The molecule has 100 valence electrons. The number of anilines is 1. The molecule has 2 aromatic rings. The summed E-state index contributed by atoms with van der Waals surface area (Å²) < 4.78 is 1.19. The molecule has 2 aliphatic rings. The van der Waals surface area contributed by atoms with Crippen molar-refractivity contribution in [3.8, 4) is 0 Å². The number of nitrogens with zero attached hydrogens (tertiary/aromatic N) is 2. The van der Waals surface area contributed by atoms with Gasteiger partial charge in [-0.3, -0.25) is 0 Å². The second-order valence-electron chi connectivity index (χ2n) is 5.71. The molecule has 5 heteroatoms. The Labute approximate surface area is 121 Å². The summed E-state index contributed by atoms with van der Waals surface area (Å²) in [5.74, 6) is 0. The first-order valence-corrected chi connectivity index (χ1v) is 7.95. The van der Waals surface area contributed by atoms with Crippen molar-refractivity contribution in [3.63, 3.8) is 0 Å². The van der Waals surface area contributed by atoms with Crippen LogP contribution in [-0.2, 0) is 0 Å². The van der Waals surface area contributed by atoms with Gasteiger partial charge in [-0.05, 0) is 44.1 Å². The summed E-state index contributed by atoms with van der Waals surface area (Å²) in [5.41, 5.74) is 1.62. The standard InChI is InChI=1S/C14H16ClN3S/c15-10-1-2-11-12(7-10)19-13(17-11)18-8-14(9-18)3-5-16-6-4-14/h1-2,7,16H,3-6,8-9H2. The Morgan fingerprint density at radius 3 is 2.84 bits per heavy atom. The summed E-state index contributed by atoms with van der Waals surface area (Å²) in [4.78, 5) is 7.14. The highest BCUT2D eigenvalue weighted by molar-refractivity contribution is 7.22. The number of nitrogens with one attached hydrogen (secondary N) is 1. The summed E-state index contributed by atoms with van der Waals surface area (Å²) in [6, 6.07) is 5.94. The van der Waals surface area contributed by atoms with E-state index in [1.165, 1.54) is 43.7 Å². The van der Waals surface area contributed by atoms with Gasteiger partial charge in [0.15, 0.2) is 5.13 Å². The Balaban J connectivity index is 1.56. The van der Waals surface area contributed by atoms with E-state index in [0.717, 1.165) is 15.7 Å². The second-order valence-corrected chi connectivity index (χ2v) is 7.16. The molecule has 1 spiro atoms. The zero-order valence-corrected chi connectivity index (χ0v) is 12.2. The van der Waals surface area contributed by atoms with Gasteiger partial charge in [-0.2, -0.15) is 0 Å². The predicted octanol–water partition coefficient (Wildman–Crippen LogP) is 3.14. The van der Waals surface area contributed by atoms with Crippen molar-refractivity contribution in [2.24, 2.45) is 5.41 Å². The molecule has 0 unspecified atom stereocenters. The van der Waals surface area contributed by atoms with Crippen LogP contribution in [0.15, 0.2) is 18.2 Å². The third-order valence-corrected chi connectivity index (χ3v) is 5.64. The fourth-order valence-electron chi connectivity index (χ4n) is 3.19. The van der Waals surface area contributed by atoms with E-state index in [1.54, 1.807) is 11.3 Å². The van der Waals surface area contributed by atoms with Crippen molar-refractivity contribution in [1.29, 1.82) is 0 Å². The van der Waals surface area contributed by atoms with Crippen LogP contribution in [0.1, 0.15) is 12.8 Å². The number of piperidine rings is 1. The molecule has 19 heavy (non-hydrogen) atoms. The van der Waals surface area contributed by atoms with Gasteiger partial charge in [0, 0.05) is 23.5 Å². The van der Waals surface area contributed by atoms with E-state index in [1.807, 2.05) is 18.2 Å². The molecule has 2 saturated heterocycles. The lowest BCUT2D eigenvalue weighted by molar-refractivity contribution is 0.150. The van der Waals surface area contributed by atoms with E-state index in [4.69, 9.17) is 16.6 Å². The SMILES string of the molecule is Clc1ccc2nc(N3CC4(CCNCC4)C3)sc2c1. The van der Waals surface area contributed by atoms with Crippen molar-refractivity contribution in [2.45, 2.75) is 12.8 Å². The third kappa shape index (κ3) is 2.02. The predicted molar refractivity (Wildman–Crippen MR) is 81.4 cm³/mol. The molecule has 0 atom stereocenters. The van der Waals surface area contributed by atoms with E-state index < -0.39 is 0 Å². The Morgan fingerprint density at radius 2 is 2.05 bits per heavy atom. The smallest absolute Gasteiger partial charge is 0.186 e. The lowest BCUT2D eigenvalue weighted by atomic mass is 9.73. The Morgan fingerprint density at radius 1 is 1.26 bits per heavy atom. The molecule has 2 aliphatic heterocycles. The van der Waals surface area contributed by atoms with Crippen LogP contribution >= 0.6 is 22.9 Å². The highest BCUT2D eigenvalue weighted by atomic mass is 35.5. The molecular weight excluding hydrogens is 278 g/mol. The summed E-state index contributed by atoms with van der Waals surface area (Å²) in [6.07, 6.45) is 2.61. The Kier molecular flexibility index (Phi) is 2.72. The first kappa shape index (κ1) is 11.9. The maximum absolute atomic E-state index is 6.03. The van der Waals surface area contributed by atoms with Gasteiger partial charge in [0.2, 0.25) is 0 Å². The van der Waals surface area contributed by atoms with Crippen LogP contribution in [0.2, 0.25) is 5.02 Å². The molecular formula is C14H16ClN3S. The molecule has 1 N–H and O–H groups in total. The minimum Gasteiger partial charge on any atom is -0.347 e. The van der Waals surface area contributed by atoms with Crippen molar-refractivity contribution < 1.29 is 0 Å². The lowest BCUT2D eigenvalue weighted by Crippen LogP contribution is -2.60. The largest absolute Gasteiger partial charge is 0.347 e. The van der Waals surface area contributed by atoms with Crippen LogP contribution in [0.25, 0.3) is 10.2 Å². The number of hydrogen-bond acceptors (Lipinski definition) is 4. The number of thiazole rings is 1. The zero-order chi connectivity index (χ0) is 12.9. The molecule has 1 aromatic carbocycles. The Hall–Kier alpha value is -0.840. The topological polar surface area (TPSA) is 28.2 Å². The van der Waals surface area contributed by atoms with Gasteiger partial charge in [-0.25, -0.2) is 4.98 Å². The van der Waals surface area contributed by atoms with Crippen molar-refractivity contribution in [3.05, 3.63) is 23.2 Å². The van der Waals surface area contributed by atoms with E-state index >= 15 is 0 Å². The number of benzene rings is 1. The lowest BCUT2D eigenvalue weighted by Gasteiger charge is -2.52. The fourth-order valence-corrected chi connectivity index (χ4v) is 4.43. The summed E-state index contributed by atoms with van der Waals surface area (Å²) in [5, 5.41) is 5.39. The number of hydrogen-bond donors (Lipinski definition) is 1. The molecule has 3 heterocycles. The Bertz CT molecular complexity index is 610. The number of fused-ring (bicyclic) bond motifs is 1. The minimum atomic E-state index is 0.556. The summed E-state index contributed by atoms with van der Waals surface area (Å²) in [7, 11) is 0. The number of aromatic nitrogens is 1. The third-order valence-electron chi connectivity index (χ3n) is 4.33. The van der Waals surface area contributed by atoms with Crippen molar-refractivity contribution in [1.82, 2.24) is 10.3 Å². The molecule has 0 saturated carbocycles. The highest BCUT2D eigenvalue weighted by Crippen LogP contribution is 2.43. The summed E-state index contributed by atoms with van der Waals surface area (Å²) in [6.45, 7) is 4.68. The molecule has 0 aliphatic carbocycles. The number of halogens is 1. The van der Waals surface area contributed by atoms with E-state index in [2.05, 4.69) is 10.2 Å². The molecule has 0 amide bonds. The first-order valence-electron chi connectivity index (χ1n) is 6.76. The zero-order valence-electron chi connectivity index (χ0n) is 10.7. The van der Waals surface area contributed by atoms with Crippen LogP contribution < -0.4 is 10.2 Å². The quantitative estimate of drug-likeness (QED) is 0.875. The average molecular weight is 294 g/mol. The van der Waals surface area contributed by atoms with Gasteiger partial charge in [0.25, 0.3) is 0 Å². The minimum absolute atomic E-state index is 0.556. The van der Waals surface area contributed by atoms with E-state index in [0.29, 0.717) is 5.41 Å². The van der Waals surface area contributed by atoms with Gasteiger partial charge in [-0.15, -0.1) is 0 Å². The molecule has 2 fully saturated rings. The van der Waals surface area contributed by atoms with E-state index in [9.17, 15) is 0 Å². The van der Waals surface area contributed by atoms with Crippen LogP contribution in [0.4, 0.5) is 5.13 Å². The van der Waals surface area contributed by atoms with Crippen LogP contribution in [-0.4, -0.2) is 31.2 Å². The second kappa shape index (κ2) is 4.33. The maximum Gasteiger partial charge on any atom is 0.186 e. The molecule has 4 rings (SSSR count). The van der Waals surface area contributed by atoms with Crippen LogP contribution in [0.5, 0.6) is 0 Å². The molecule has 3 nitrogen and oxygen atoms in total. The van der Waals surface area contributed by atoms with Gasteiger partial charge in [-0.1, -0.05) is 22.9 Å². The van der Waals surface area contributed by atoms with Gasteiger partial charge in [0.1, 0.15) is 0 Å². The molecule has 0 bridgehead atoms. The summed E-state index contributed by atoms with van der Waals surface area (Å²) >= 11 is 7.79. The maximum atomic E-state index is 6.03. The highest BCUT2D eigenvalue weighted by Gasteiger charge is 2.44. The van der Waals surface area contributed by atoms with Crippen molar-refractivity contribution in [2.75, 3.05) is 31.1 Å². The van der Waals surface area contributed by atoms with Crippen molar-refractivity contribution >= 4 is 38.3 Å². The van der Waals surface area contributed by atoms with Gasteiger partial charge >= 0.3 is 0 Å². The first-order chi connectivity index (χ1) is 9.24. The van der Waals surface area contributed by atoms with E-state index in [-0.39, 0.29) is 0 Å². The monoisotopic (exact) mass is 293 g/mol. The molecule has 0 radical (unpaired) electrons. The average Bonchev–Trinajstić information content (AvgIpc) is 2.79. The van der Waals surface area contributed by atoms with Gasteiger partial charge < -0.3 is 10.2 Å². The van der Waals surface area contributed by atoms with Crippen LogP contribution in [0.3, 0.4) is 0 Å². The molecule has 1 aromatic heterocycles. The normalized spacial score (nSPS) is 21.8. The fraction of sp³-hybridized carbons (Fsp3) is 0.500. The number of rotatable bonds is 1. The van der Waals surface area contributed by atoms with Gasteiger partial charge in [0.05, 0.1) is 10.2 Å². The van der Waals surface area contributed by atoms with Crippen LogP contribution in [0, 0.1) is 5.41 Å².